The number of benzene rings is 1. The van der Waals surface area contributed by atoms with E-state index in [-0.39, 0.29) is 6.04 Å². The molecule has 0 aliphatic heterocycles. The van der Waals surface area contributed by atoms with Gasteiger partial charge in [-0.1, -0.05) is 18.1 Å². The van der Waals surface area contributed by atoms with E-state index >= 15 is 0 Å². The van der Waals surface area contributed by atoms with Gasteiger partial charge in [0.15, 0.2) is 0 Å². The summed E-state index contributed by atoms with van der Waals surface area (Å²) in [5, 5.41) is 9.84. The van der Waals surface area contributed by atoms with Crippen LogP contribution in [0.4, 0.5) is 0 Å². The fourth-order valence-electron chi connectivity index (χ4n) is 2.33. The van der Waals surface area contributed by atoms with Gasteiger partial charge in [-0.15, -0.1) is 6.42 Å². The Balaban J connectivity index is 2.32. The third-order valence-electron chi connectivity index (χ3n) is 3.07. The first-order valence-electron chi connectivity index (χ1n) is 5.18. The normalized spacial score (nSPS) is 18.9. The molecule has 15 heavy (non-hydrogen) atoms. The van der Waals surface area contributed by atoms with Crippen LogP contribution in [0, 0.1) is 12.3 Å². The number of hydrogen-bond donors (Lipinski definition) is 1. The number of aromatic hydroxyl groups is 1. The first-order chi connectivity index (χ1) is 7.24. The van der Waals surface area contributed by atoms with Crippen LogP contribution in [-0.4, -0.2) is 23.6 Å². The van der Waals surface area contributed by atoms with Crippen LogP contribution in [-0.2, 0) is 6.42 Å². The number of nitrogens with zero attached hydrogens (tertiary/aromatic N) is 1. The van der Waals surface area contributed by atoms with E-state index in [4.69, 9.17) is 6.42 Å². The number of hydrogen-bond acceptors (Lipinski definition) is 2. The molecular weight excluding hydrogens is 186 g/mol. The number of fused-ring (bicyclic) bond motifs is 1. The molecule has 0 bridgehead atoms. The summed E-state index contributed by atoms with van der Waals surface area (Å²) in [7, 11) is 2.01. The van der Waals surface area contributed by atoms with Crippen molar-refractivity contribution in [2.75, 3.05) is 13.6 Å². The van der Waals surface area contributed by atoms with Crippen molar-refractivity contribution in [2.24, 2.45) is 0 Å². The molecule has 0 radical (unpaired) electrons. The van der Waals surface area contributed by atoms with Crippen molar-refractivity contribution in [3.63, 3.8) is 0 Å². The maximum absolute atomic E-state index is 9.84. The van der Waals surface area contributed by atoms with E-state index in [1.54, 1.807) is 6.07 Å². The third-order valence-corrected chi connectivity index (χ3v) is 3.07. The highest BCUT2D eigenvalue weighted by Crippen LogP contribution is 2.39. The molecule has 0 amide bonds. The van der Waals surface area contributed by atoms with Gasteiger partial charge in [0.1, 0.15) is 5.75 Å². The highest BCUT2D eigenvalue weighted by molar-refractivity contribution is 5.44. The summed E-state index contributed by atoms with van der Waals surface area (Å²) in [6.07, 6.45) is 7.38. The van der Waals surface area contributed by atoms with Gasteiger partial charge in [0.05, 0.1) is 6.54 Å². The van der Waals surface area contributed by atoms with E-state index in [1.165, 1.54) is 5.56 Å². The van der Waals surface area contributed by atoms with Crippen molar-refractivity contribution in [2.45, 2.75) is 18.9 Å². The quantitative estimate of drug-likeness (QED) is 0.739. The Labute approximate surface area is 90.5 Å². The van der Waals surface area contributed by atoms with Crippen molar-refractivity contribution in [3.8, 4) is 18.1 Å². The van der Waals surface area contributed by atoms with Gasteiger partial charge < -0.3 is 5.11 Å². The number of rotatable bonds is 2. The van der Waals surface area contributed by atoms with E-state index in [0.29, 0.717) is 12.3 Å². The second kappa shape index (κ2) is 3.96. The minimum absolute atomic E-state index is 0.275. The maximum atomic E-state index is 9.84. The second-order valence-electron chi connectivity index (χ2n) is 4.02. The Kier molecular flexibility index (Phi) is 2.66. The van der Waals surface area contributed by atoms with Gasteiger partial charge in [-0.2, -0.15) is 0 Å². The van der Waals surface area contributed by atoms with Crippen molar-refractivity contribution in [1.82, 2.24) is 4.90 Å². The number of terminal acetylenes is 1. The molecule has 0 saturated heterocycles. The highest BCUT2D eigenvalue weighted by Gasteiger charge is 2.27. The number of aryl methyl sites for hydroxylation is 1. The second-order valence-corrected chi connectivity index (χ2v) is 4.02. The molecule has 2 heteroatoms. The van der Waals surface area contributed by atoms with Crippen molar-refractivity contribution >= 4 is 0 Å². The minimum atomic E-state index is 0.275. The van der Waals surface area contributed by atoms with Crippen LogP contribution in [0.5, 0.6) is 5.75 Å². The molecule has 2 rings (SSSR count). The number of phenolic OH excluding ortho intramolecular Hbond substituents is 1. The van der Waals surface area contributed by atoms with Crippen molar-refractivity contribution < 1.29 is 5.11 Å². The first kappa shape index (κ1) is 10.1. The fraction of sp³-hybridized carbons (Fsp3) is 0.385. The Hall–Kier alpha value is -1.46. The molecule has 2 nitrogen and oxygen atoms in total. The lowest BCUT2D eigenvalue weighted by atomic mass is 10.1. The summed E-state index contributed by atoms with van der Waals surface area (Å²) in [4.78, 5) is 2.12. The fourth-order valence-corrected chi connectivity index (χ4v) is 2.33. The molecule has 0 aromatic heterocycles. The lowest BCUT2D eigenvalue weighted by Gasteiger charge is -2.23. The Morgan fingerprint density at radius 2 is 2.40 bits per heavy atom. The summed E-state index contributed by atoms with van der Waals surface area (Å²) in [6, 6.07) is 6.01. The first-order valence-corrected chi connectivity index (χ1v) is 5.18. The molecule has 1 aliphatic rings. The number of phenols is 1. The largest absolute Gasteiger partial charge is 0.508 e. The molecule has 1 atom stereocenters. The summed E-state index contributed by atoms with van der Waals surface area (Å²) in [5.74, 6) is 3.04. The van der Waals surface area contributed by atoms with Gasteiger partial charge in [0, 0.05) is 11.6 Å². The Morgan fingerprint density at radius 3 is 3.13 bits per heavy atom. The predicted molar refractivity (Wildman–Crippen MR) is 60.6 cm³/mol. The van der Waals surface area contributed by atoms with Gasteiger partial charge >= 0.3 is 0 Å². The lowest BCUT2D eigenvalue weighted by molar-refractivity contribution is 0.268. The smallest absolute Gasteiger partial charge is 0.120 e. The van der Waals surface area contributed by atoms with E-state index in [1.807, 2.05) is 13.1 Å². The Bertz CT molecular complexity index is 405. The molecule has 78 valence electrons. The van der Waals surface area contributed by atoms with E-state index in [9.17, 15) is 5.11 Å². The topological polar surface area (TPSA) is 23.5 Å². The van der Waals surface area contributed by atoms with Gasteiger partial charge in [0.2, 0.25) is 0 Å². The lowest BCUT2D eigenvalue weighted by Crippen LogP contribution is -2.23. The average molecular weight is 201 g/mol. The maximum Gasteiger partial charge on any atom is 0.120 e. The highest BCUT2D eigenvalue weighted by atomic mass is 16.3. The summed E-state index contributed by atoms with van der Waals surface area (Å²) < 4.78 is 0. The average Bonchev–Trinajstić information content (AvgIpc) is 2.63. The molecule has 1 N–H and O–H groups in total. The summed E-state index contributed by atoms with van der Waals surface area (Å²) >= 11 is 0. The molecule has 0 fully saturated rings. The zero-order valence-corrected chi connectivity index (χ0v) is 8.90. The summed E-state index contributed by atoms with van der Waals surface area (Å²) in [6.45, 7) is 0.623. The minimum Gasteiger partial charge on any atom is -0.508 e. The molecule has 0 spiro atoms. The van der Waals surface area contributed by atoms with Gasteiger partial charge in [0.25, 0.3) is 0 Å². The van der Waals surface area contributed by atoms with Crippen LogP contribution in [0.3, 0.4) is 0 Å². The predicted octanol–water partition coefficient (Wildman–Crippen LogP) is 1.94. The molecule has 1 aliphatic carbocycles. The van der Waals surface area contributed by atoms with Crippen LogP contribution >= 0.6 is 0 Å². The van der Waals surface area contributed by atoms with Crippen LogP contribution in [0.15, 0.2) is 18.2 Å². The van der Waals surface area contributed by atoms with Crippen LogP contribution in [0.1, 0.15) is 23.6 Å². The zero-order chi connectivity index (χ0) is 10.8. The van der Waals surface area contributed by atoms with Crippen LogP contribution < -0.4 is 0 Å². The van der Waals surface area contributed by atoms with Gasteiger partial charge in [-0.3, -0.25) is 4.90 Å². The van der Waals surface area contributed by atoms with Crippen LogP contribution in [0.2, 0.25) is 0 Å². The van der Waals surface area contributed by atoms with Gasteiger partial charge in [-0.25, -0.2) is 0 Å². The van der Waals surface area contributed by atoms with E-state index in [2.05, 4.69) is 16.9 Å². The molecule has 1 aromatic carbocycles. The van der Waals surface area contributed by atoms with E-state index in [0.717, 1.165) is 18.4 Å². The van der Waals surface area contributed by atoms with Gasteiger partial charge in [-0.05, 0) is 31.5 Å². The zero-order valence-electron chi connectivity index (χ0n) is 8.90. The standard InChI is InChI=1S/C13H15NO/c1-3-9-14(2)11-8-7-10-5-4-6-12(15)13(10)11/h1,4-6,11,15H,7-9H2,2H3/t11-/m0/s1. The van der Waals surface area contributed by atoms with Crippen molar-refractivity contribution in [3.05, 3.63) is 29.3 Å². The molecule has 0 saturated carbocycles. The van der Waals surface area contributed by atoms with E-state index < -0.39 is 0 Å². The summed E-state index contributed by atoms with van der Waals surface area (Å²) in [5.41, 5.74) is 2.32. The Morgan fingerprint density at radius 1 is 1.60 bits per heavy atom. The molecular formula is C13H15NO. The monoisotopic (exact) mass is 201 g/mol. The van der Waals surface area contributed by atoms with Crippen LogP contribution in [0.25, 0.3) is 0 Å². The van der Waals surface area contributed by atoms with Crippen molar-refractivity contribution in [1.29, 1.82) is 0 Å². The third kappa shape index (κ3) is 1.71. The molecule has 0 unspecified atom stereocenters. The molecule has 1 aromatic rings. The molecule has 0 heterocycles. The SMILES string of the molecule is C#CCN(C)[C@H]1CCc2cccc(O)c21.